The molecule has 29 heavy (non-hydrogen) atoms. The first kappa shape index (κ1) is 23.9. The van der Waals surface area contributed by atoms with E-state index in [1.165, 1.54) is 19.3 Å². The third kappa shape index (κ3) is 7.12. The molecule has 2 aromatic rings. The predicted octanol–water partition coefficient (Wildman–Crippen LogP) is 8.07. The van der Waals surface area contributed by atoms with Gasteiger partial charge in [-0.1, -0.05) is 58.2 Å². The minimum absolute atomic E-state index is 0.371. The normalized spacial score (nSPS) is 12.2. The number of hydrogen-bond acceptors (Lipinski definition) is 2. The Morgan fingerprint density at radius 1 is 0.828 bits per heavy atom. The summed E-state index contributed by atoms with van der Waals surface area (Å²) in [5.41, 5.74) is 4.16. The van der Waals surface area contributed by atoms with Crippen molar-refractivity contribution >= 4 is 23.2 Å². The summed E-state index contributed by atoms with van der Waals surface area (Å²) in [4.78, 5) is 0. The van der Waals surface area contributed by atoms with Crippen LogP contribution in [0, 0.1) is 11.8 Å². The molecule has 2 rings (SSSR count). The van der Waals surface area contributed by atoms with Gasteiger partial charge in [-0.05, 0) is 53.1 Å². The second-order valence-corrected chi connectivity index (χ2v) is 8.67. The van der Waals surface area contributed by atoms with E-state index >= 15 is 0 Å². The fraction of sp³-hybridized carbons (Fsp3) is 0.520. The number of benzene rings is 2. The maximum absolute atomic E-state index is 6.24. The molecular weight excluding hydrogens is 403 g/mol. The zero-order chi connectivity index (χ0) is 21.2. The van der Waals surface area contributed by atoms with Gasteiger partial charge in [0.25, 0.3) is 0 Å². The van der Waals surface area contributed by atoms with Gasteiger partial charge in [-0.25, -0.2) is 0 Å². The molecule has 0 fully saturated rings. The fourth-order valence-corrected chi connectivity index (χ4v) is 4.16. The van der Waals surface area contributed by atoms with Gasteiger partial charge in [0, 0.05) is 11.4 Å². The Kier molecular flexibility index (Phi) is 10.2. The monoisotopic (exact) mass is 436 g/mol. The number of ether oxygens (including phenoxy) is 2. The van der Waals surface area contributed by atoms with Crippen molar-refractivity contribution in [3.8, 4) is 22.6 Å². The molecule has 0 heterocycles. The van der Waals surface area contributed by atoms with Gasteiger partial charge >= 0.3 is 0 Å². The van der Waals surface area contributed by atoms with Crippen LogP contribution in [-0.2, 0) is 11.8 Å². The first-order valence-electron chi connectivity index (χ1n) is 10.5. The lowest BCUT2D eigenvalue weighted by Gasteiger charge is -2.16. The average molecular weight is 437 g/mol. The van der Waals surface area contributed by atoms with Crippen molar-refractivity contribution in [3.63, 3.8) is 0 Å². The van der Waals surface area contributed by atoms with Crippen molar-refractivity contribution in [2.75, 3.05) is 13.7 Å². The molecule has 160 valence electrons. The third-order valence-electron chi connectivity index (χ3n) is 5.40. The Bertz CT molecular complexity index is 741. The van der Waals surface area contributed by atoms with Crippen LogP contribution in [0.25, 0.3) is 11.1 Å². The van der Waals surface area contributed by atoms with Gasteiger partial charge in [-0.15, -0.1) is 23.2 Å². The van der Waals surface area contributed by atoms with Gasteiger partial charge in [0.15, 0.2) is 0 Å². The van der Waals surface area contributed by atoms with Gasteiger partial charge in [-0.2, -0.15) is 0 Å². The van der Waals surface area contributed by atoms with E-state index in [9.17, 15) is 0 Å². The number of methoxy groups -OCH3 is 1. The van der Waals surface area contributed by atoms with Crippen LogP contribution in [0.5, 0.6) is 11.5 Å². The molecule has 0 aliphatic rings. The first-order valence-corrected chi connectivity index (χ1v) is 11.6. The molecule has 0 radical (unpaired) electrons. The number of halogens is 2. The number of rotatable bonds is 12. The van der Waals surface area contributed by atoms with Crippen LogP contribution in [0.1, 0.15) is 57.6 Å². The van der Waals surface area contributed by atoms with E-state index in [0.29, 0.717) is 17.7 Å². The van der Waals surface area contributed by atoms with Gasteiger partial charge in [0.05, 0.1) is 19.6 Å². The van der Waals surface area contributed by atoms with Crippen LogP contribution in [0.15, 0.2) is 36.4 Å². The molecule has 2 nitrogen and oxygen atoms in total. The highest BCUT2D eigenvalue weighted by Gasteiger charge is 2.14. The molecule has 0 spiro atoms. The van der Waals surface area contributed by atoms with Crippen molar-refractivity contribution in [1.29, 1.82) is 0 Å². The van der Waals surface area contributed by atoms with Gasteiger partial charge in [0.2, 0.25) is 0 Å². The molecule has 0 saturated carbocycles. The summed E-state index contributed by atoms with van der Waals surface area (Å²) < 4.78 is 11.4. The van der Waals surface area contributed by atoms with E-state index in [2.05, 4.69) is 32.9 Å². The van der Waals surface area contributed by atoms with Gasteiger partial charge < -0.3 is 9.47 Å². The zero-order valence-corrected chi connectivity index (χ0v) is 19.7. The van der Waals surface area contributed by atoms with Crippen molar-refractivity contribution in [1.82, 2.24) is 0 Å². The van der Waals surface area contributed by atoms with Crippen molar-refractivity contribution < 1.29 is 9.47 Å². The van der Waals surface area contributed by atoms with E-state index in [1.54, 1.807) is 7.11 Å². The van der Waals surface area contributed by atoms with E-state index in [4.69, 9.17) is 32.7 Å². The van der Waals surface area contributed by atoms with Crippen LogP contribution in [0.2, 0.25) is 0 Å². The Labute approximate surface area is 186 Å². The second-order valence-electron chi connectivity index (χ2n) is 8.13. The third-order valence-corrected chi connectivity index (χ3v) is 5.93. The fourth-order valence-electron chi connectivity index (χ4n) is 3.56. The molecule has 1 unspecified atom stereocenters. The summed E-state index contributed by atoms with van der Waals surface area (Å²) >= 11 is 12.4. The lowest BCUT2D eigenvalue weighted by molar-refractivity contribution is 0.276. The van der Waals surface area contributed by atoms with Crippen molar-refractivity contribution in [3.05, 3.63) is 47.5 Å². The molecule has 1 atom stereocenters. The molecule has 0 aliphatic heterocycles. The quantitative estimate of drug-likeness (QED) is 0.313. The average Bonchev–Trinajstić information content (AvgIpc) is 2.72. The van der Waals surface area contributed by atoms with Crippen LogP contribution in [-0.4, -0.2) is 13.7 Å². The lowest BCUT2D eigenvalue weighted by atomic mass is 9.96. The summed E-state index contributed by atoms with van der Waals surface area (Å²) in [6.07, 6.45) is 4.99. The summed E-state index contributed by atoms with van der Waals surface area (Å²) in [7, 11) is 1.65. The van der Waals surface area contributed by atoms with Crippen LogP contribution in [0.3, 0.4) is 0 Å². The summed E-state index contributed by atoms with van der Waals surface area (Å²) in [5, 5.41) is 0. The topological polar surface area (TPSA) is 18.5 Å². The van der Waals surface area contributed by atoms with E-state index in [-0.39, 0.29) is 0 Å². The molecule has 2 aromatic carbocycles. The van der Waals surface area contributed by atoms with Gasteiger partial charge in [0.1, 0.15) is 11.5 Å². The minimum Gasteiger partial charge on any atom is -0.496 e. The van der Waals surface area contributed by atoms with E-state index < -0.39 is 0 Å². The molecule has 0 N–H and O–H groups in total. The summed E-state index contributed by atoms with van der Waals surface area (Å²) in [5.74, 6) is 3.94. The molecule has 0 bridgehead atoms. The predicted molar refractivity (Wildman–Crippen MR) is 126 cm³/mol. The van der Waals surface area contributed by atoms with E-state index in [1.807, 2.05) is 24.3 Å². The summed E-state index contributed by atoms with van der Waals surface area (Å²) in [6.45, 7) is 7.65. The van der Waals surface area contributed by atoms with Crippen molar-refractivity contribution in [2.45, 2.75) is 58.2 Å². The highest BCUT2D eigenvalue weighted by Crippen LogP contribution is 2.35. The SMILES string of the molecule is COc1ccc(-c2ccc(OCCC(C)CCCC(C)C)cc2)c(CCl)c1CCl. The molecule has 0 saturated heterocycles. The van der Waals surface area contributed by atoms with Gasteiger partial charge in [-0.3, -0.25) is 0 Å². The molecule has 0 aliphatic carbocycles. The van der Waals surface area contributed by atoms with Crippen LogP contribution >= 0.6 is 23.2 Å². The Morgan fingerprint density at radius 2 is 1.52 bits per heavy atom. The second kappa shape index (κ2) is 12.3. The highest BCUT2D eigenvalue weighted by molar-refractivity contribution is 6.19. The van der Waals surface area contributed by atoms with Crippen LogP contribution < -0.4 is 9.47 Å². The Hall–Kier alpha value is -1.38. The van der Waals surface area contributed by atoms with Crippen LogP contribution in [0.4, 0.5) is 0 Å². The largest absolute Gasteiger partial charge is 0.496 e. The lowest BCUT2D eigenvalue weighted by Crippen LogP contribution is -2.05. The zero-order valence-electron chi connectivity index (χ0n) is 18.1. The maximum Gasteiger partial charge on any atom is 0.123 e. The highest BCUT2D eigenvalue weighted by atomic mass is 35.5. The number of hydrogen-bond donors (Lipinski definition) is 0. The molecule has 4 heteroatoms. The molecule has 0 aromatic heterocycles. The standard InChI is InChI=1S/C25H34Cl2O2/c1-18(2)6-5-7-19(3)14-15-29-21-10-8-20(9-11-21)22-12-13-25(28-4)24(17-27)23(22)16-26/h8-13,18-19H,5-7,14-17H2,1-4H3. The smallest absolute Gasteiger partial charge is 0.123 e. The Morgan fingerprint density at radius 3 is 2.10 bits per heavy atom. The Balaban J connectivity index is 1.97. The first-order chi connectivity index (χ1) is 14.0. The summed E-state index contributed by atoms with van der Waals surface area (Å²) in [6, 6.07) is 12.2. The molecule has 0 amide bonds. The molecular formula is C25H34Cl2O2. The maximum atomic E-state index is 6.24. The number of alkyl halides is 2. The van der Waals surface area contributed by atoms with Crippen molar-refractivity contribution in [2.24, 2.45) is 11.8 Å². The minimum atomic E-state index is 0.371. The van der Waals surface area contributed by atoms with E-state index in [0.717, 1.165) is 52.7 Å².